The van der Waals surface area contributed by atoms with E-state index in [1.165, 1.54) is 17.0 Å². The van der Waals surface area contributed by atoms with Crippen molar-refractivity contribution in [2.75, 3.05) is 26.2 Å². The summed E-state index contributed by atoms with van der Waals surface area (Å²) in [6.45, 7) is 2.93. The van der Waals surface area contributed by atoms with Gasteiger partial charge in [-0.1, -0.05) is 36.4 Å². The highest BCUT2D eigenvalue weighted by molar-refractivity contribution is 6.07. The highest BCUT2D eigenvalue weighted by atomic mass is 19.1. The molecule has 3 unspecified atom stereocenters. The van der Waals surface area contributed by atoms with E-state index in [1.54, 1.807) is 24.3 Å². The third-order valence-electron chi connectivity index (χ3n) is 5.17. The summed E-state index contributed by atoms with van der Waals surface area (Å²) in [5, 5.41) is 0. The molecule has 4 rings (SSSR count). The predicted octanol–water partition coefficient (Wildman–Crippen LogP) is 1.75. The molecule has 0 bridgehead atoms. The minimum atomic E-state index is -0.369. The second-order valence-electron chi connectivity index (χ2n) is 6.96. The Morgan fingerprint density at radius 2 is 1.69 bits per heavy atom. The number of amides is 2. The molecule has 1 aromatic carbocycles. The van der Waals surface area contributed by atoms with Crippen molar-refractivity contribution in [1.82, 2.24) is 9.80 Å². The van der Waals surface area contributed by atoms with E-state index in [0.717, 1.165) is 12.1 Å². The number of halogens is 1. The first kappa shape index (κ1) is 17.1. The first-order chi connectivity index (χ1) is 12.6. The summed E-state index contributed by atoms with van der Waals surface area (Å²) in [5.41, 5.74) is 1.03. The molecule has 136 valence electrons. The molecule has 0 radical (unpaired) electrons. The van der Waals surface area contributed by atoms with Gasteiger partial charge in [0.15, 0.2) is 0 Å². The maximum Gasteiger partial charge on any atom is 0.237 e. The standard InChI is InChI=1S/C20H21FN2O3/c21-15-7-5-14(6-8-15)11-22-9-10-26-16(12-22)13-23-19(24)17-3-1-2-4-18(17)20(23)25/h1-8,16-18H,9-13H2. The lowest BCUT2D eigenvalue weighted by molar-refractivity contribution is -0.143. The van der Waals surface area contributed by atoms with Gasteiger partial charge in [-0.3, -0.25) is 19.4 Å². The molecular formula is C20H21FN2O3. The second kappa shape index (κ2) is 7.13. The number of imide groups is 1. The van der Waals surface area contributed by atoms with Gasteiger partial charge in [-0.15, -0.1) is 0 Å². The number of hydrogen-bond acceptors (Lipinski definition) is 4. The Hall–Kier alpha value is -2.31. The fourth-order valence-electron chi connectivity index (χ4n) is 3.81. The zero-order valence-corrected chi connectivity index (χ0v) is 14.4. The minimum Gasteiger partial charge on any atom is -0.374 e. The summed E-state index contributed by atoms with van der Waals surface area (Å²) in [7, 11) is 0. The average Bonchev–Trinajstić information content (AvgIpc) is 2.89. The molecule has 2 heterocycles. The van der Waals surface area contributed by atoms with E-state index in [0.29, 0.717) is 19.7 Å². The molecule has 26 heavy (non-hydrogen) atoms. The number of morpholine rings is 1. The Labute approximate surface area is 151 Å². The molecule has 2 amide bonds. The summed E-state index contributed by atoms with van der Waals surface area (Å²) in [6.07, 6.45) is 7.03. The SMILES string of the molecule is O=C1C2C=CC=CC2C(=O)N1CC1CN(Cc2ccc(F)cc2)CCO1. The highest BCUT2D eigenvalue weighted by Crippen LogP contribution is 2.31. The lowest BCUT2D eigenvalue weighted by Crippen LogP contribution is -2.48. The van der Waals surface area contributed by atoms with Crippen molar-refractivity contribution in [3.05, 3.63) is 60.0 Å². The van der Waals surface area contributed by atoms with Crippen molar-refractivity contribution in [2.24, 2.45) is 11.8 Å². The molecular weight excluding hydrogens is 335 g/mol. The molecule has 2 saturated heterocycles. The normalized spacial score (nSPS) is 28.7. The molecule has 0 N–H and O–H groups in total. The first-order valence-corrected chi connectivity index (χ1v) is 8.90. The molecule has 3 atom stereocenters. The molecule has 0 spiro atoms. The predicted molar refractivity (Wildman–Crippen MR) is 93.4 cm³/mol. The number of rotatable bonds is 4. The minimum absolute atomic E-state index is 0.139. The Morgan fingerprint density at radius 3 is 2.35 bits per heavy atom. The average molecular weight is 356 g/mol. The third-order valence-corrected chi connectivity index (χ3v) is 5.17. The smallest absolute Gasteiger partial charge is 0.237 e. The van der Waals surface area contributed by atoms with Crippen LogP contribution in [-0.4, -0.2) is 54.0 Å². The molecule has 2 fully saturated rings. The van der Waals surface area contributed by atoms with Gasteiger partial charge in [0.05, 0.1) is 31.1 Å². The van der Waals surface area contributed by atoms with Crippen LogP contribution < -0.4 is 0 Å². The number of ether oxygens (including phenoxy) is 1. The monoisotopic (exact) mass is 356 g/mol. The van der Waals surface area contributed by atoms with Crippen molar-refractivity contribution >= 4 is 11.8 Å². The number of hydrogen-bond donors (Lipinski definition) is 0. The van der Waals surface area contributed by atoms with Gasteiger partial charge in [0, 0.05) is 19.6 Å². The molecule has 3 aliphatic rings. The van der Waals surface area contributed by atoms with Gasteiger partial charge >= 0.3 is 0 Å². The largest absolute Gasteiger partial charge is 0.374 e. The van der Waals surface area contributed by atoms with E-state index in [9.17, 15) is 14.0 Å². The molecule has 6 heteroatoms. The van der Waals surface area contributed by atoms with E-state index < -0.39 is 0 Å². The second-order valence-corrected chi connectivity index (χ2v) is 6.96. The topological polar surface area (TPSA) is 49.9 Å². The van der Waals surface area contributed by atoms with Crippen LogP contribution in [0.5, 0.6) is 0 Å². The maximum atomic E-state index is 13.0. The van der Waals surface area contributed by atoms with Gasteiger partial charge in [-0.05, 0) is 17.7 Å². The fourth-order valence-corrected chi connectivity index (χ4v) is 3.81. The Kier molecular flexibility index (Phi) is 4.70. The van der Waals surface area contributed by atoms with Crippen LogP contribution in [0.2, 0.25) is 0 Å². The number of carbonyl (C=O) groups excluding carboxylic acids is 2. The van der Waals surface area contributed by atoms with Crippen LogP contribution in [0.1, 0.15) is 5.56 Å². The molecule has 2 aliphatic heterocycles. The van der Waals surface area contributed by atoms with Crippen molar-refractivity contribution < 1.29 is 18.7 Å². The zero-order valence-electron chi connectivity index (χ0n) is 14.4. The van der Waals surface area contributed by atoms with E-state index in [2.05, 4.69) is 4.90 Å². The van der Waals surface area contributed by atoms with Crippen molar-refractivity contribution in [1.29, 1.82) is 0 Å². The van der Waals surface area contributed by atoms with Gasteiger partial charge in [-0.25, -0.2) is 4.39 Å². The molecule has 1 aromatic rings. The van der Waals surface area contributed by atoms with Gasteiger partial charge in [-0.2, -0.15) is 0 Å². The molecule has 0 saturated carbocycles. The lowest BCUT2D eigenvalue weighted by Gasteiger charge is -2.34. The van der Waals surface area contributed by atoms with Gasteiger partial charge < -0.3 is 4.74 Å². The Bertz CT molecular complexity index is 729. The van der Waals surface area contributed by atoms with Gasteiger partial charge in [0.25, 0.3) is 0 Å². The zero-order chi connectivity index (χ0) is 18.1. The summed E-state index contributed by atoms with van der Waals surface area (Å²) >= 11 is 0. The number of benzene rings is 1. The number of carbonyl (C=O) groups is 2. The van der Waals surface area contributed by atoms with Crippen LogP contribution in [0.25, 0.3) is 0 Å². The number of allylic oxidation sites excluding steroid dienone is 2. The van der Waals surface area contributed by atoms with Crippen LogP contribution in [0.4, 0.5) is 4.39 Å². The Morgan fingerprint density at radius 1 is 1.04 bits per heavy atom. The number of fused-ring (bicyclic) bond motifs is 1. The van der Waals surface area contributed by atoms with Crippen LogP contribution >= 0.6 is 0 Å². The van der Waals surface area contributed by atoms with Gasteiger partial charge in [0.2, 0.25) is 11.8 Å². The van der Waals surface area contributed by atoms with Crippen LogP contribution in [0, 0.1) is 17.7 Å². The fraction of sp³-hybridized carbons (Fsp3) is 0.400. The quantitative estimate of drug-likeness (QED) is 0.772. The maximum absolute atomic E-state index is 13.0. The molecule has 0 aromatic heterocycles. The Balaban J connectivity index is 1.38. The van der Waals surface area contributed by atoms with Gasteiger partial charge in [0.1, 0.15) is 5.82 Å². The third kappa shape index (κ3) is 3.34. The van der Waals surface area contributed by atoms with Crippen molar-refractivity contribution in [2.45, 2.75) is 12.6 Å². The van der Waals surface area contributed by atoms with Crippen molar-refractivity contribution in [3.63, 3.8) is 0 Å². The molecule has 5 nitrogen and oxygen atoms in total. The van der Waals surface area contributed by atoms with Crippen LogP contribution in [-0.2, 0) is 20.9 Å². The van der Waals surface area contributed by atoms with E-state index in [1.807, 2.05) is 12.2 Å². The summed E-state index contributed by atoms with van der Waals surface area (Å²) in [6, 6.07) is 6.46. The highest BCUT2D eigenvalue weighted by Gasteiger charge is 2.46. The summed E-state index contributed by atoms with van der Waals surface area (Å²) in [4.78, 5) is 28.6. The number of likely N-dealkylation sites (tertiary alicyclic amines) is 1. The lowest BCUT2D eigenvalue weighted by atomic mass is 9.91. The van der Waals surface area contributed by atoms with Crippen molar-refractivity contribution in [3.8, 4) is 0 Å². The van der Waals surface area contributed by atoms with E-state index in [4.69, 9.17) is 4.74 Å². The van der Waals surface area contributed by atoms with E-state index in [-0.39, 0.29) is 42.1 Å². The summed E-state index contributed by atoms with van der Waals surface area (Å²) in [5.74, 6) is -1.26. The number of nitrogens with zero attached hydrogens (tertiary/aromatic N) is 2. The molecule has 1 aliphatic carbocycles. The van der Waals surface area contributed by atoms with Crippen LogP contribution in [0.3, 0.4) is 0 Å². The van der Waals surface area contributed by atoms with E-state index >= 15 is 0 Å². The summed E-state index contributed by atoms with van der Waals surface area (Å²) < 4.78 is 18.8. The van der Waals surface area contributed by atoms with Crippen LogP contribution in [0.15, 0.2) is 48.6 Å². The first-order valence-electron chi connectivity index (χ1n) is 8.90.